The number of amides is 1. The molecule has 0 saturated heterocycles. The van der Waals surface area contributed by atoms with Gasteiger partial charge in [-0.25, -0.2) is 0 Å². The van der Waals surface area contributed by atoms with Gasteiger partial charge in [0, 0.05) is 13.0 Å². The van der Waals surface area contributed by atoms with Crippen LogP contribution in [0.25, 0.3) is 0 Å². The number of carbonyl (C=O) groups is 1. The molecule has 0 radical (unpaired) electrons. The van der Waals surface area contributed by atoms with Crippen molar-refractivity contribution >= 4 is 5.91 Å². The molecule has 2 aromatic rings. The Morgan fingerprint density at radius 1 is 1.09 bits per heavy atom. The van der Waals surface area contributed by atoms with E-state index >= 15 is 0 Å². The molecule has 0 fully saturated rings. The van der Waals surface area contributed by atoms with Gasteiger partial charge in [0.15, 0.2) is 0 Å². The number of aryl methyl sites for hydroxylation is 1. The highest BCUT2D eigenvalue weighted by Crippen LogP contribution is 2.35. The second kappa shape index (κ2) is 6.75. The zero-order chi connectivity index (χ0) is 15.4. The molecule has 2 N–H and O–H groups in total. The molecule has 0 saturated carbocycles. The van der Waals surface area contributed by atoms with E-state index in [1.165, 1.54) is 11.1 Å². The van der Waals surface area contributed by atoms with E-state index in [2.05, 4.69) is 23.5 Å². The minimum absolute atomic E-state index is 0.00203. The van der Waals surface area contributed by atoms with Gasteiger partial charge in [-0.05, 0) is 41.0 Å². The highest BCUT2D eigenvalue weighted by Gasteiger charge is 2.24. The maximum Gasteiger partial charge on any atom is 0.220 e. The van der Waals surface area contributed by atoms with Crippen molar-refractivity contribution in [2.45, 2.75) is 38.3 Å². The summed E-state index contributed by atoms with van der Waals surface area (Å²) in [6, 6.07) is 16.1. The molecule has 0 aromatic heterocycles. The summed E-state index contributed by atoms with van der Waals surface area (Å²) in [7, 11) is 0. The van der Waals surface area contributed by atoms with E-state index in [0.29, 0.717) is 18.9 Å². The van der Waals surface area contributed by atoms with Crippen molar-refractivity contribution in [3.05, 3.63) is 70.8 Å². The fourth-order valence-electron chi connectivity index (χ4n) is 3.23. The molecule has 1 unspecified atom stereocenters. The van der Waals surface area contributed by atoms with E-state index in [9.17, 15) is 9.90 Å². The molecule has 1 amide bonds. The Bertz CT molecular complexity index is 666. The normalized spacial score (nSPS) is 16.3. The highest BCUT2D eigenvalue weighted by molar-refractivity contribution is 5.77. The van der Waals surface area contributed by atoms with Crippen LogP contribution in [-0.4, -0.2) is 11.0 Å². The van der Waals surface area contributed by atoms with E-state index in [1.54, 1.807) is 0 Å². The fraction of sp³-hybridized carbons (Fsp3) is 0.316. The molecule has 3 rings (SSSR count). The van der Waals surface area contributed by atoms with Crippen LogP contribution in [0, 0.1) is 0 Å². The molecule has 22 heavy (non-hydrogen) atoms. The third-order valence-corrected chi connectivity index (χ3v) is 4.45. The summed E-state index contributed by atoms with van der Waals surface area (Å²) < 4.78 is 0. The van der Waals surface area contributed by atoms with Crippen molar-refractivity contribution in [2.24, 2.45) is 0 Å². The Hall–Kier alpha value is -2.13. The number of fused-ring (bicyclic) bond motifs is 1. The Morgan fingerprint density at radius 3 is 2.64 bits per heavy atom. The number of rotatable bonds is 5. The standard InChI is InChI=1S/C19H21NO2/c21-13-17-7-2-1-6-16(17)12-20-19(22)11-15-10-9-14-5-3-4-8-18(14)15/h1-8,15,21H,9-13H2,(H,20,22). The molecule has 1 aliphatic carbocycles. The Morgan fingerprint density at radius 2 is 1.82 bits per heavy atom. The first-order valence-corrected chi connectivity index (χ1v) is 7.80. The van der Waals surface area contributed by atoms with Crippen LogP contribution in [0.1, 0.15) is 41.0 Å². The monoisotopic (exact) mass is 295 g/mol. The summed E-state index contributed by atoms with van der Waals surface area (Å²) in [6.45, 7) is 0.478. The smallest absolute Gasteiger partial charge is 0.220 e. The zero-order valence-corrected chi connectivity index (χ0v) is 12.6. The van der Waals surface area contributed by atoms with Crippen LogP contribution >= 0.6 is 0 Å². The van der Waals surface area contributed by atoms with Gasteiger partial charge in [-0.3, -0.25) is 4.79 Å². The summed E-state index contributed by atoms with van der Waals surface area (Å²) >= 11 is 0. The van der Waals surface area contributed by atoms with E-state index in [4.69, 9.17) is 0 Å². The molecule has 0 bridgehead atoms. The first kappa shape index (κ1) is 14.8. The van der Waals surface area contributed by atoms with Gasteiger partial charge in [0.05, 0.1) is 6.61 Å². The lowest BCUT2D eigenvalue weighted by molar-refractivity contribution is -0.121. The van der Waals surface area contributed by atoms with Crippen molar-refractivity contribution in [3.8, 4) is 0 Å². The number of benzene rings is 2. The quantitative estimate of drug-likeness (QED) is 0.891. The first-order chi connectivity index (χ1) is 10.8. The van der Waals surface area contributed by atoms with Crippen molar-refractivity contribution in [1.29, 1.82) is 0 Å². The molecule has 3 nitrogen and oxygen atoms in total. The summed E-state index contributed by atoms with van der Waals surface area (Å²) in [4.78, 5) is 12.2. The molecule has 0 aliphatic heterocycles. The van der Waals surface area contributed by atoms with E-state index < -0.39 is 0 Å². The number of aliphatic hydroxyl groups excluding tert-OH is 1. The molecule has 0 spiro atoms. The van der Waals surface area contributed by atoms with Crippen LogP contribution in [0.4, 0.5) is 0 Å². The van der Waals surface area contributed by atoms with Gasteiger partial charge in [-0.15, -0.1) is 0 Å². The lowest BCUT2D eigenvalue weighted by atomic mass is 9.97. The van der Waals surface area contributed by atoms with Crippen molar-refractivity contribution in [3.63, 3.8) is 0 Å². The van der Waals surface area contributed by atoms with E-state index in [0.717, 1.165) is 24.0 Å². The Labute approximate surface area is 131 Å². The average molecular weight is 295 g/mol. The maximum atomic E-state index is 12.2. The van der Waals surface area contributed by atoms with E-state index in [-0.39, 0.29) is 12.5 Å². The molecular formula is C19H21NO2. The molecule has 1 atom stereocenters. The molecular weight excluding hydrogens is 274 g/mol. The predicted molar refractivity (Wildman–Crippen MR) is 86.3 cm³/mol. The van der Waals surface area contributed by atoms with Gasteiger partial charge in [0.2, 0.25) is 5.91 Å². The Balaban J connectivity index is 1.58. The second-order valence-electron chi connectivity index (χ2n) is 5.84. The Kier molecular flexibility index (Phi) is 4.54. The second-order valence-corrected chi connectivity index (χ2v) is 5.84. The van der Waals surface area contributed by atoms with Gasteiger partial charge < -0.3 is 10.4 Å². The lowest BCUT2D eigenvalue weighted by Crippen LogP contribution is -2.24. The molecule has 3 heteroatoms. The lowest BCUT2D eigenvalue weighted by Gasteiger charge is -2.13. The highest BCUT2D eigenvalue weighted by atomic mass is 16.3. The SMILES string of the molecule is O=C(CC1CCc2ccccc21)NCc1ccccc1CO. The minimum Gasteiger partial charge on any atom is -0.392 e. The van der Waals surface area contributed by atoms with Crippen LogP contribution in [-0.2, 0) is 24.4 Å². The molecule has 114 valence electrons. The third-order valence-electron chi connectivity index (χ3n) is 4.45. The number of hydrogen-bond donors (Lipinski definition) is 2. The van der Waals surface area contributed by atoms with Crippen LogP contribution in [0.5, 0.6) is 0 Å². The summed E-state index contributed by atoms with van der Waals surface area (Å²) in [5.74, 6) is 0.415. The molecule has 2 aromatic carbocycles. The van der Waals surface area contributed by atoms with Gasteiger partial charge in [-0.2, -0.15) is 0 Å². The van der Waals surface area contributed by atoms with Crippen LogP contribution in [0.2, 0.25) is 0 Å². The zero-order valence-electron chi connectivity index (χ0n) is 12.6. The summed E-state index contributed by atoms with van der Waals surface area (Å²) in [6.07, 6.45) is 2.67. The molecule has 1 aliphatic rings. The van der Waals surface area contributed by atoms with Crippen molar-refractivity contribution in [2.75, 3.05) is 0 Å². The van der Waals surface area contributed by atoms with Crippen molar-refractivity contribution in [1.82, 2.24) is 5.32 Å². The largest absolute Gasteiger partial charge is 0.392 e. The van der Waals surface area contributed by atoms with Crippen molar-refractivity contribution < 1.29 is 9.90 Å². The van der Waals surface area contributed by atoms with Crippen LogP contribution in [0.15, 0.2) is 48.5 Å². The number of hydrogen-bond acceptors (Lipinski definition) is 2. The maximum absolute atomic E-state index is 12.2. The summed E-state index contributed by atoms with van der Waals surface area (Å²) in [5, 5.41) is 12.3. The third kappa shape index (κ3) is 3.20. The van der Waals surface area contributed by atoms with E-state index in [1.807, 2.05) is 30.3 Å². The topological polar surface area (TPSA) is 49.3 Å². The number of nitrogens with one attached hydrogen (secondary N) is 1. The summed E-state index contributed by atoms with van der Waals surface area (Å²) in [5.41, 5.74) is 4.55. The fourth-order valence-corrected chi connectivity index (χ4v) is 3.23. The first-order valence-electron chi connectivity index (χ1n) is 7.80. The predicted octanol–water partition coefficient (Wildman–Crippen LogP) is 2.92. The average Bonchev–Trinajstić information content (AvgIpc) is 2.96. The van der Waals surface area contributed by atoms with Gasteiger partial charge in [0.1, 0.15) is 0 Å². The molecule has 0 heterocycles. The number of aliphatic hydroxyl groups is 1. The minimum atomic E-state index is 0.00203. The van der Waals surface area contributed by atoms with Crippen LogP contribution < -0.4 is 5.32 Å². The van der Waals surface area contributed by atoms with Gasteiger partial charge in [-0.1, -0.05) is 48.5 Å². The van der Waals surface area contributed by atoms with Gasteiger partial charge >= 0.3 is 0 Å². The van der Waals surface area contributed by atoms with Crippen LogP contribution in [0.3, 0.4) is 0 Å². The van der Waals surface area contributed by atoms with Gasteiger partial charge in [0.25, 0.3) is 0 Å². The number of carbonyl (C=O) groups excluding carboxylic acids is 1.